The van der Waals surface area contributed by atoms with Gasteiger partial charge in [-0.2, -0.15) is 0 Å². The van der Waals surface area contributed by atoms with Gasteiger partial charge in [-0.15, -0.1) is 0 Å². The van der Waals surface area contributed by atoms with Crippen LogP contribution in [0.3, 0.4) is 0 Å². The van der Waals surface area contributed by atoms with E-state index in [2.05, 4.69) is 0 Å². The third kappa shape index (κ3) is 6.74. The Labute approximate surface area is 215 Å². The van der Waals surface area contributed by atoms with Gasteiger partial charge in [0.1, 0.15) is 5.75 Å². The Hall–Kier alpha value is -4.17. The molecular formula is C29H27NO6S. The fourth-order valence-corrected chi connectivity index (χ4v) is 5.54. The van der Waals surface area contributed by atoms with Crippen LogP contribution >= 0.6 is 0 Å². The standard InChI is InChI=1S/C29H27NO6S/c31-27-16-15-24(29(22-9-3-1-4-10-22)23-11-5-2-6-12-23)20-30(27)17-8-18-37(34,35)26-14-7-13-25(19-26)36-21-28(32)33/h1-7,9-16,19-20,29H,8,17-18,21H2,(H,32,33). The summed E-state index contributed by atoms with van der Waals surface area (Å²) in [6.45, 7) is -0.326. The van der Waals surface area contributed by atoms with E-state index >= 15 is 0 Å². The summed E-state index contributed by atoms with van der Waals surface area (Å²) in [5, 5.41) is 8.76. The number of ether oxygens (including phenoxy) is 1. The maximum atomic E-state index is 12.9. The predicted molar refractivity (Wildman–Crippen MR) is 141 cm³/mol. The lowest BCUT2D eigenvalue weighted by molar-refractivity contribution is -0.139. The van der Waals surface area contributed by atoms with Crippen LogP contribution in [0.25, 0.3) is 0 Å². The summed E-state index contributed by atoms with van der Waals surface area (Å²) in [6.07, 6.45) is 2.03. The molecule has 0 bridgehead atoms. The van der Waals surface area contributed by atoms with Crippen LogP contribution in [0, 0.1) is 0 Å². The van der Waals surface area contributed by atoms with Crippen molar-refractivity contribution < 1.29 is 23.1 Å². The number of aliphatic carboxylic acids is 1. The first-order chi connectivity index (χ1) is 17.8. The van der Waals surface area contributed by atoms with E-state index in [0.29, 0.717) is 0 Å². The lowest BCUT2D eigenvalue weighted by Gasteiger charge is -2.20. The third-order valence-electron chi connectivity index (χ3n) is 5.94. The summed E-state index contributed by atoms with van der Waals surface area (Å²) >= 11 is 0. The van der Waals surface area contributed by atoms with Gasteiger partial charge >= 0.3 is 5.97 Å². The van der Waals surface area contributed by atoms with Crippen LogP contribution in [0.15, 0.2) is 113 Å². The second kappa shape index (κ2) is 11.7. The van der Waals surface area contributed by atoms with Gasteiger partial charge in [-0.25, -0.2) is 13.2 Å². The normalized spacial score (nSPS) is 11.4. The molecule has 37 heavy (non-hydrogen) atoms. The number of pyridine rings is 1. The van der Waals surface area contributed by atoms with Gasteiger partial charge < -0.3 is 14.4 Å². The Morgan fingerprint density at radius 2 is 1.49 bits per heavy atom. The predicted octanol–water partition coefficient (Wildman–Crippen LogP) is 4.36. The molecule has 0 aliphatic heterocycles. The minimum absolute atomic E-state index is 0.0460. The van der Waals surface area contributed by atoms with Crippen molar-refractivity contribution >= 4 is 15.8 Å². The van der Waals surface area contributed by atoms with Crippen molar-refractivity contribution in [3.63, 3.8) is 0 Å². The SMILES string of the molecule is O=C(O)COc1cccc(S(=O)(=O)CCCn2cc(C(c3ccccc3)c3ccccc3)ccc2=O)c1. The highest BCUT2D eigenvalue weighted by Gasteiger charge is 2.19. The van der Waals surface area contributed by atoms with Gasteiger partial charge in [0.15, 0.2) is 16.4 Å². The fourth-order valence-electron chi connectivity index (χ4n) is 4.21. The highest BCUT2D eigenvalue weighted by atomic mass is 32.2. The molecule has 0 fully saturated rings. The summed E-state index contributed by atoms with van der Waals surface area (Å²) in [4.78, 5) is 23.4. The van der Waals surface area contributed by atoms with Crippen molar-refractivity contribution in [3.8, 4) is 5.75 Å². The highest BCUT2D eigenvalue weighted by Crippen LogP contribution is 2.31. The zero-order valence-electron chi connectivity index (χ0n) is 20.1. The van der Waals surface area contributed by atoms with E-state index in [1.54, 1.807) is 10.8 Å². The molecule has 8 heteroatoms. The molecule has 190 valence electrons. The van der Waals surface area contributed by atoms with Crippen LogP contribution in [0.4, 0.5) is 0 Å². The van der Waals surface area contributed by atoms with E-state index in [1.165, 1.54) is 30.3 Å². The zero-order chi connectivity index (χ0) is 26.3. The Balaban J connectivity index is 1.52. The molecule has 1 aromatic heterocycles. The number of aryl methyl sites for hydroxylation is 1. The van der Waals surface area contributed by atoms with Crippen molar-refractivity contribution in [1.82, 2.24) is 4.57 Å². The second-order valence-corrected chi connectivity index (χ2v) is 10.7. The van der Waals surface area contributed by atoms with Crippen LogP contribution in [-0.4, -0.2) is 36.4 Å². The Morgan fingerprint density at radius 3 is 2.11 bits per heavy atom. The Kier molecular flexibility index (Phi) is 8.20. The van der Waals surface area contributed by atoms with Gasteiger partial charge in [-0.3, -0.25) is 4.79 Å². The van der Waals surface area contributed by atoms with Crippen molar-refractivity contribution in [1.29, 1.82) is 0 Å². The van der Waals surface area contributed by atoms with Crippen molar-refractivity contribution in [3.05, 3.63) is 130 Å². The van der Waals surface area contributed by atoms with E-state index in [4.69, 9.17) is 9.84 Å². The molecule has 0 radical (unpaired) electrons. The summed E-state index contributed by atoms with van der Waals surface area (Å²) in [6, 6.07) is 29.1. The lowest BCUT2D eigenvalue weighted by Crippen LogP contribution is -2.22. The van der Waals surface area contributed by atoms with E-state index in [0.717, 1.165) is 16.7 Å². The first-order valence-corrected chi connectivity index (χ1v) is 13.5. The van der Waals surface area contributed by atoms with Crippen LogP contribution in [0.5, 0.6) is 5.75 Å². The molecule has 0 aliphatic rings. The molecule has 7 nitrogen and oxygen atoms in total. The van der Waals surface area contributed by atoms with Crippen molar-refractivity contribution in [2.75, 3.05) is 12.4 Å². The van der Waals surface area contributed by atoms with Crippen LogP contribution in [-0.2, 0) is 21.2 Å². The number of carbonyl (C=O) groups is 1. The van der Waals surface area contributed by atoms with Crippen molar-refractivity contribution in [2.24, 2.45) is 0 Å². The number of carboxylic acid groups (broad SMARTS) is 1. The molecule has 0 aliphatic carbocycles. The molecule has 0 unspecified atom stereocenters. The van der Waals surface area contributed by atoms with Gasteiger partial charge in [-0.1, -0.05) is 72.8 Å². The molecule has 4 aromatic rings. The summed E-state index contributed by atoms with van der Waals surface area (Å²) in [5.41, 5.74) is 2.91. The maximum absolute atomic E-state index is 12.9. The summed E-state index contributed by atoms with van der Waals surface area (Å²) < 4.78 is 32.4. The number of hydrogen-bond donors (Lipinski definition) is 1. The molecule has 4 rings (SSSR count). The van der Waals surface area contributed by atoms with Gasteiger partial charge in [0.2, 0.25) is 0 Å². The molecule has 0 saturated heterocycles. The number of carboxylic acids is 1. The quantitative estimate of drug-likeness (QED) is 0.317. The molecule has 1 N–H and O–H groups in total. The van der Waals surface area contributed by atoms with Crippen LogP contribution in [0.2, 0.25) is 0 Å². The smallest absolute Gasteiger partial charge is 0.341 e. The number of benzene rings is 3. The van der Waals surface area contributed by atoms with Gasteiger partial charge in [0.05, 0.1) is 10.6 Å². The largest absolute Gasteiger partial charge is 0.482 e. The fraction of sp³-hybridized carbons (Fsp3) is 0.172. The minimum Gasteiger partial charge on any atom is -0.482 e. The number of sulfone groups is 1. The van der Waals surface area contributed by atoms with Crippen LogP contribution < -0.4 is 10.3 Å². The average Bonchev–Trinajstić information content (AvgIpc) is 2.90. The zero-order valence-corrected chi connectivity index (χ0v) is 20.9. The highest BCUT2D eigenvalue weighted by molar-refractivity contribution is 7.91. The molecule has 1 heterocycles. The molecule has 0 atom stereocenters. The minimum atomic E-state index is -3.66. The molecule has 0 amide bonds. The van der Waals surface area contributed by atoms with Gasteiger partial charge in [-0.05, 0) is 41.3 Å². The Morgan fingerprint density at radius 1 is 0.838 bits per heavy atom. The van der Waals surface area contributed by atoms with E-state index in [1.807, 2.05) is 66.7 Å². The molecule has 3 aromatic carbocycles. The number of aromatic nitrogens is 1. The second-order valence-electron chi connectivity index (χ2n) is 8.58. The molecule has 0 spiro atoms. The van der Waals surface area contributed by atoms with Gasteiger partial charge in [0, 0.05) is 24.7 Å². The summed E-state index contributed by atoms with van der Waals surface area (Å²) in [5.74, 6) is -1.23. The lowest BCUT2D eigenvalue weighted by atomic mass is 9.86. The third-order valence-corrected chi connectivity index (χ3v) is 7.74. The number of rotatable bonds is 11. The topological polar surface area (TPSA) is 103 Å². The van der Waals surface area contributed by atoms with E-state index in [9.17, 15) is 18.0 Å². The first kappa shape index (κ1) is 25.9. The number of hydrogen-bond acceptors (Lipinski definition) is 5. The molecular weight excluding hydrogens is 490 g/mol. The van der Waals surface area contributed by atoms with Crippen LogP contribution in [0.1, 0.15) is 29.0 Å². The van der Waals surface area contributed by atoms with E-state index < -0.39 is 22.4 Å². The van der Waals surface area contributed by atoms with Gasteiger partial charge in [0.25, 0.3) is 5.56 Å². The summed E-state index contributed by atoms with van der Waals surface area (Å²) in [7, 11) is -3.66. The van der Waals surface area contributed by atoms with E-state index in [-0.39, 0.29) is 40.8 Å². The molecule has 0 saturated carbocycles. The van der Waals surface area contributed by atoms with Crippen molar-refractivity contribution in [2.45, 2.75) is 23.8 Å². The number of nitrogens with zero attached hydrogens (tertiary/aromatic N) is 1. The first-order valence-electron chi connectivity index (χ1n) is 11.8. The maximum Gasteiger partial charge on any atom is 0.341 e. The Bertz CT molecular complexity index is 1480. The monoisotopic (exact) mass is 517 g/mol. The average molecular weight is 518 g/mol.